The molecule has 9 nitrogen and oxygen atoms in total. The van der Waals surface area contributed by atoms with E-state index < -0.39 is 41.4 Å². The maximum atomic E-state index is 15.6. The Morgan fingerprint density at radius 3 is 2.48 bits per heavy atom. The molecule has 2 aromatic rings. The Balaban J connectivity index is 1.11. The molecule has 0 aromatic heterocycles. The number of halogens is 1. The number of ether oxygens (including phenoxy) is 1. The fourth-order valence-electron chi connectivity index (χ4n) is 7.89. The number of hydrogen-bond donors (Lipinski definition) is 2. The van der Waals surface area contributed by atoms with Crippen LogP contribution in [0.15, 0.2) is 48.5 Å². The molecule has 236 valence electrons. The molecule has 6 atom stereocenters. The van der Waals surface area contributed by atoms with Gasteiger partial charge in [0.25, 0.3) is 0 Å². The third kappa shape index (κ3) is 6.14. The van der Waals surface area contributed by atoms with Gasteiger partial charge in [0.05, 0.1) is 0 Å². The van der Waals surface area contributed by atoms with Gasteiger partial charge in [-0.1, -0.05) is 36.4 Å². The third-order valence-electron chi connectivity index (χ3n) is 9.83. The van der Waals surface area contributed by atoms with Crippen LogP contribution in [0.2, 0.25) is 0 Å². The summed E-state index contributed by atoms with van der Waals surface area (Å²) >= 11 is 0. The Morgan fingerprint density at radius 1 is 1.02 bits per heavy atom. The lowest BCUT2D eigenvalue weighted by molar-refractivity contribution is -0.132. The Kier molecular flexibility index (Phi) is 8.30. The van der Waals surface area contributed by atoms with E-state index >= 15 is 4.39 Å². The SMILES string of the molecule is CC(C)(C)OC(=O)N1C2CCC(C2)C1C(=O)N[C@@H](Cc1ccc(N2CCC3C2CCN3Cc2ccccc2)cc1F)C(N)=O. The number of benzene rings is 2. The van der Waals surface area contributed by atoms with Gasteiger partial charge in [-0.25, -0.2) is 9.18 Å². The van der Waals surface area contributed by atoms with Gasteiger partial charge in [0.2, 0.25) is 11.8 Å². The van der Waals surface area contributed by atoms with Crippen molar-refractivity contribution in [1.82, 2.24) is 15.1 Å². The van der Waals surface area contributed by atoms with Gasteiger partial charge in [0.1, 0.15) is 23.5 Å². The first-order valence-corrected chi connectivity index (χ1v) is 15.9. The van der Waals surface area contributed by atoms with Crippen molar-refractivity contribution in [2.24, 2.45) is 11.7 Å². The summed E-state index contributed by atoms with van der Waals surface area (Å²) in [6.45, 7) is 8.14. The number of nitrogens with zero attached hydrogens (tertiary/aromatic N) is 3. The van der Waals surface area contributed by atoms with Crippen molar-refractivity contribution in [3.05, 3.63) is 65.5 Å². The molecule has 44 heavy (non-hydrogen) atoms. The van der Waals surface area contributed by atoms with Crippen molar-refractivity contribution in [3.63, 3.8) is 0 Å². The predicted molar refractivity (Wildman–Crippen MR) is 165 cm³/mol. The average molecular weight is 606 g/mol. The van der Waals surface area contributed by atoms with Gasteiger partial charge >= 0.3 is 6.09 Å². The number of anilines is 1. The van der Waals surface area contributed by atoms with Gasteiger partial charge < -0.3 is 20.7 Å². The Bertz CT molecular complexity index is 1400. The van der Waals surface area contributed by atoms with Crippen LogP contribution in [-0.2, 0) is 27.3 Å². The van der Waals surface area contributed by atoms with Crippen molar-refractivity contribution >= 4 is 23.6 Å². The highest BCUT2D eigenvalue weighted by Crippen LogP contribution is 2.43. The molecule has 3 amide bonds. The zero-order valence-corrected chi connectivity index (χ0v) is 25.9. The minimum absolute atomic E-state index is 0.0134. The van der Waals surface area contributed by atoms with Gasteiger partial charge in [0.15, 0.2) is 0 Å². The molecule has 3 N–H and O–H groups in total. The van der Waals surface area contributed by atoms with E-state index in [1.807, 2.05) is 12.1 Å². The number of amides is 3. The fourth-order valence-corrected chi connectivity index (χ4v) is 7.89. The molecule has 5 unspecified atom stereocenters. The molecule has 3 saturated heterocycles. The van der Waals surface area contributed by atoms with Crippen LogP contribution in [0, 0.1) is 11.7 Å². The zero-order valence-electron chi connectivity index (χ0n) is 25.9. The highest BCUT2D eigenvalue weighted by Gasteiger charge is 2.53. The third-order valence-corrected chi connectivity index (χ3v) is 9.83. The maximum Gasteiger partial charge on any atom is 0.411 e. The topological polar surface area (TPSA) is 108 Å². The normalized spacial score (nSPS) is 27.0. The quantitative estimate of drug-likeness (QED) is 0.472. The molecule has 0 radical (unpaired) electrons. The van der Waals surface area contributed by atoms with E-state index in [-0.39, 0.29) is 18.4 Å². The van der Waals surface area contributed by atoms with Gasteiger partial charge in [-0.15, -0.1) is 0 Å². The number of likely N-dealkylation sites (tertiary alicyclic amines) is 2. The lowest BCUT2D eigenvalue weighted by Crippen LogP contribution is -2.57. The van der Waals surface area contributed by atoms with Crippen LogP contribution in [0.4, 0.5) is 14.9 Å². The molecule has 10 heteroatoms. The Hall–Kier alpha value is -3.66. The smallest absolute Gasteiger partial charge is 0.411 e. The predicted octanol–water partition coefficient (Wildman–Crippen LogP) is 3.98. The highest BCUT2D eigenvalue weighted by molar-refractivity contribution is 5.91. The lowest BCUT2D eigenvalue weighted by Gasteiger charge is -2.36. The highest BCUT2D eigenvalue weighted by atomic mass is 19.1. The van der Waals surface area contributed by atoms with Crippen LogP contribution in [-0.4, -0.2) is 76.6 Å². The van der Waals surface area contributed by atoms with E-state index in [9.17, 15) is 14.4 Å². The van der Waals surface area contributed by atoms with Gasteiger partial charge in [-0.3, -0.25) is 19.4 Å². The molecular formula is C34H44FN5O4. The van der Waals surface area contributed by atoms with Crippen molar-refractivity contribution in [3.8, 4) is 0 Å². The van der Waals surface area contributed by atoms with Crippen LogP contribution in [0.25, 0.3) is 0 Å². The largest absolute Gasteiger partial charge is 0.444 e. The molecule has 3 heterocycles. The number of rotatable bonds is 8. The summed E-state index contributed by atoms with van der Waals surface area (Å²) in [6, 6.07) is 14.5. The number of hydrogen-bond acceptors (Lipinski definition) is 6. The monoisotopic (exact) mass is 605 g/mol. The van der Waals surface area contributed by atoms with Gasteiger partial charge in [0, 0.05) is 49.9 Å². The lowest BCUT2D eigenvalue weighted by atomic mass is 9.97. The second-order valence-electron chi connectivity index (χ2n) is 13.9. The van der Waals surface area contributed by atoms with Crippen LogP contribution < -0.4 is 16.0 Å². The zero-order chi connectivity index (χ0) is 31.2. The second kappa shape index (κ2) is 12.0. The molecule has 1 aliphatic carbocycles. The minimum Gasteiger partial charge on any atom is -0.444 e. The maximum absolute atomic E-state index is 15.6. The summed E-state index contributed by atoms with van der Waals surface area (Å²) in [5, 5.41) is 2.75. The second-order valence-corrected chi connectivity index (χ2v) is 13.9. The standard InChI is InChI=1S/C34H44FN5O4/c1-34(2,3)44-33(43)40-25-12-10-23(17-25)30(40)32(42)37-27(31(36)41)18-22-9-11-24(19-26(22)35)39-16-14-28-29(39)13-15-38(28)20-21-7-5-4-6-8-21/h4-9,11,19,23,25,27-30H,10,12-18,20H2,1-3H3,(H2,36,41)(H,37,42)/t23?,25?,27-,28?,29?,30?/m0/s1. The van der Waals surface area contributed by atoms with Crippen molar-refractivity contribution < 1.29 is 23.5 Å². The number of piperidine rings is 1. The van der Waals surface area contributed by atoms with Crippen molar-refractivity contribution in [1.29, 1.82) is 0 Å². The molecule has 3 aliphatic heterocycles. The van der Waals surface area contributed by atoms with E-state index in [1.54, 1.807) is 26.8 Å². The van der Waals surface area contributed by atoms with E-state index in [2.05, 4.69) is 39.4 Å². The fraction of sp³-hybridized carbons (Fsp3) is 0.559. The Morgan fingerprint density at radius 2 is 1.77 bits per heavy atom. The summed E-state index contributed by atoms with van der Waals surface area (Å²) in [7, 11) is 0. The summed E-state index contributed by atoms with van der Waals surface area (Å²) in [6.07, 6.45) is 3.81. The number of carbonyl (C=O) groups is 3. The Labute approximate surface area is 258 Å². The van der Waals surface area contributed by atoms with Crippen molar-refractivity contribution in [2.75, 3.05) is 18.0 Å². The summed E-state index contributed by atoms with van der Waals surface area (Å²) in [5.74, 6) is -1.64. The van der Waals surface area contributed by atoms with Crippen molar-refractivity contribution in [2.45, 2.75) is 102 Å². The number of nitrogens with one attached hydrogen (secondary N) is 1. The first-order valence-electron chi connectivity index (χ1n) is 15.9. The summed E-state index contributed by atoms with van der Waals surface area (Å²) < 4.78 is 21.1. The summed E-state index contributed by atoms with van der Waals surface area (Å²) in [5.41, 5.74) is 7.44. The molecule has 1 saturated carbocycles. The van der Waals surface area contributed by atoms with Crippen LogP contribution in [0.3, 0.4) is 0 Å². The first kappa shape index (κ1) is 30.4. The molecule has 0 spiro atoms. The number of carbonyl (C=O) groups excluding carboxylic acids is 3. The first-order chi connectivity index (χ1) is 21.0. The number of fused-ring (bicyclic) bond motifs is 3. The molecule has 4 fully saturated rings. The van der Waals surface area contributed by atoms with E-state index in [1.165, 1.54) is 16.5 Å². The van der Waals surface area contributed by atoms with E-state index in [0.717, 1.165) is 57.4 Å². The molecule has 2 bridgehead atoms. The van der Waals surface area contributed by atoms with E-state index in [4.69, 9.17) is 10.5 Å². The van der Waals surface area contributed by atoms with Crippen LogP contribution >= 0.6 is 0 Å². The average Bonchev–Trinajstić information content (AvgIpc) is 3.76. The van der Waals surface area contributed by atoms with Crippen LogP contribution in [0.5, 0.6) is 0 Å². The van der Waals surface area contributed by atoms with Crippen LogP contribution in [0.1, 0.15) is 64.0 Å². The molecule has 4 aliphatic rings. The molecular weight excluding hydrogens is 561 g/mol. The molecule has 2 aromatic carbocycles. The van der Waals surface area contributed by atoms with E-state index in [0.29, 0.717) is 17.6 Å². The number of primary amides is 1. The van der Waals surface area contributed by atoms with Gasteiger partial charge in [-0.2, -0.15) is 0 Å². The molecule has 6 rings (SSSR count). The summed E-state index contributed by atoms with van der Waals surface area (Å²) in [4.78, 5) is 45.3. The van der Waals surface area contributed by atoms with Gasteiger partial charge in [-0.05, 0) is 82.1 Å². The minimum atomic E-state index is -1.11. The number of nitrogens with two attached hydrogens (primary N) is 1.